The number of nitrogens with one attached hydrogen (secondary N) is 1. The molecule has 1 N–H and O–H groups in total. The van der Waals surface area contributed by atoms with Crippen LogP contribution in [0.4, 0.5) is 0 Å². The van der Waals surface area contributed by atoms with Gasteiger partial charge in [0.2, 0.25) is 0 Å². The molecule has 0 aliphatic carbocycles. The highest BCUT2D eigenvalue weighted by Gasteiger charge is 1.99. The van der Waals surface area contributed by atoms with E-state index in [9.17, 15) is 0 Å². The minimum atomic E-state index is 0.794. The maximum Gasteiger partial charge on any atom is 0.0140 e. The normalized spacial score (nSPS) is 12.2. The summed E-state index contributed by atoms with van der Waals surface area (Å²) in [7, 11) is 0. The Balaban J connectivity index is 2.48. The van der Waals surface area contributed by atoms with Gasteiger partial charge in [0.15, 0.2) is 0 Å². The molecule has 0 saturated carbocycles. The molecule has 106 valence electrons. The lowest BCUT2D eigenvalue weighted by molar-refractivity contribution is 0.632. The third-order valence-electron chi connectivity index (χ3n) is 3.08. The van der Waals surface area contributed by atoms with Crippen LogP contribution in [0.2, 0.25) is 0 Å². The van der Waals surface area contributed by atoms with Crippen molar-refractivity contribution in [2.75, 3.05) is 18.8 Å². The van der Waals surface area contributed by atoms with Gasteiger partial charge < -0.3 is 5.32 Å². The lowest BCUT2D eigenvalue weighted by atomic mass is 10.1. The van der Waals surface area contributed by atoms with Crippen LogP contribution in [-0.2, 0) is 0 Å². The summed E-state index contributed by atoms with van der Waals surface area (Å²) in [6.07, 6.45) is 3.54. The average molecular weight is 277 g/mol. The van der Waals surface area contributed by atoms with E-state index in [0.717, 1.165) is 19.0 Å². The summed E-state index contributed by atoms with van der Waals surface area (Å²) in [4.78, 5) is 1.38. The minimum Gasteiger partial charge on any atom is -0.314 e. The predicted molar refractivity (Wildman–Crippen MR) is 88.8 cm³/mol. The molecule has 2 heteroatoms. The number of rotatable bonds is 8. The molecular formula is C17H27NS. The fraction of sp³-hybridized carbons (Fsp3) is 0.529. The average Bonchev–Trinajstić information content (AvgIpc) is 2.39. The summed E-state index contributed by atoms with van der Waals surface area (Å²) < 4.78 is 0. The van der Waals surface area contributed by atoms with Crippen molar-refractivity contribution in [3.05, 3.63) is 35.9 Å². The Labute approximate surface area is 122 Å². The van der Waals surface area contributed by atoms with Crippen molar-refractivity contribution in [2.24, 2.45) is 5.92 Å². The maximum absolute atomic E-state index is 3.32. The molecule has 1 nitrogen and oxygen atoms in total. The second-order valence-electron chi connectivity index (χ2n) is 5.25. The molecule has 0 aliphatic heterocycles. The van der Waals surface area contributed by atoms with Crippen molar-refractivity contribution < 1.29 is 0 Å². The third kappa shape index (κ3) is 6.84. The molecule has 0 unspecified atom stereocenters. The highest BCUT2D eigenvalue weighted by molar-refractivity contribution is 7.99. The second-order valence-corrected chi connectivity index (χ2v) is 6.42. The van der Waals surface area contributed by atoms with Gasteiger partial charge in [0.05, 0.1) is 0 Å². The molecule has 0 spiro atoms. The molecule has 0 amide bonds. The van der Waals surface area contributed by atoms with Gasteiger partial charge in [0.25, 0.3) is 0 Å². The lowest BCUT2D eigenvalue weighted by Gasteiger charge is -2.06. The summed E-state index contributed by atoms with van der Waals surface area (Å²) >= 11 is 1.96. The van der Waals surface area contributed by atoms with Crippen LogP contribution in [0.1, 0.15) is 39.7 Å². The van der Waals surface area contributed by atoms with E-state index in [1.54, 1.807) is 0 Å². The van der Waals surface area contributed by atoms with Crippen molar-refractivity contribution in [2.45, 2.75) is 39.0 Å². The number of thioether (sulfide) groups is 1. The van der Waals surface area contributed by atoms with Crippen LogP contribution in [-0.4, -0.2) is 18.8 Å². The molecule has 0 radical (unpaired) electrons. The molecular weight excluding hydrogens is 250 g/mol. The third-order valence-corrected chi connectivity index (χ3v) is 4.12. The van der Waals surface area contributed by atoms with Crippen LogP contribution in [0.25, 0.3) is 5.57 Å². The van der Waals surface area contributed by atoms with Gasteiger partial charge in [-0.05, 0) is 54.8 Å². The number of allylic oxidation sites excluding steroid dienone is 1. The monoisotopic (exact) mass is 277 g/mol. The van der Waals surface area contributed by atoms with E-state index in [2.05, 4.69) is 63.4 Å². The fourth-order valence-corrected chi connectivity index (χ4v) is 2.87. The first-order chi connectivity index (χ1) is 9.13. The van der Waals surface area contributed by atoms with Crippen molar-refractivity contribution in [1.82, 2.24) is 5.32 Å². The molecule has 1 aromatic rings. The number of likely N-dealkylation sites (N-methyl/N-ethyl adjacent to an activating group) is 1. The van der Waals surface area contributed by atoms with Gasteiger partial charge in [0.1, 0.15) is 0 Å². The van der Waals surface area contributed by atoms with Crippen LogP contribution >= 0.6 is 11.8 Å². The number of hydrogen-bond donors (Lipinski definition) is 1. The number of benzene rings is 1. The standard InChI is InChI=1S/C17H27NS/c1-5-18-12-10-15(4)16-6-8-17(9-7-16)19-13-11-14(2)3/h6-10,14,18H,5,11-13H2,1-4H3. The van der Waals surface area contributed by atoms with E-state index in [4.69, 9.17) is 0 Å². The summed E-state index contributed by atoms with van der Waals surface area (Å²) in [6, 6.07) is 8.95. The lowest BCUT2D eigenvalue weighted by Crippen LogP contribution is -2.11. The van der Waals surface area contributed by atoms with Crippen molar-refractivity contribution >= 4 is 17.3 Å². The summed E-state index contributed by atoms with van der Waals surface area (Å²) in [5.41, 5.74) is 2.67. The molecule has 0 fully saturated rings. The van der Waals surface area contributed by atoms with E-state index in [1.807, 2.05) is 11.8 Å². The highest BCUT2D eigenvalue weighted by Crippen LogP contribution is 2.23. The zero-order valence-corrected chi connectivity index (χ0v) is 13.5. The molecule has 0 aromatic heterocycles. The van der Waals surface area contributed by atoms with E-state index < -0.39 is 0 Å². The Bertz CT molecular complexity index is 379. The molecule has 0 heterocycles. The SMILES string of the molecule is CCNCC=C(C)c1ccc(SCCC(C)C)cc1. The molecule has 1 rings (SSSR count). The summed E-state index contributed by atoms with van der Waals surface area (Å²) in [6.45, 7) is 10.8. The van der Waals surface area contributed by atoms with Gasteiger partial charge >= 0.3 is 0 Å². The van der Waals surface area contributed by atoms with Gasteiger partial charge in [-0.2, -0.15) is 0 Å². The van der Waals surface area contributed by atoms with E-state index >= 15 is 0 Å². The van der Waals surface area contributed by atoms with Gasteiger partial charge in [0, 0.05) is 11.4 Å². The largest absolute Gasteiger partial charge is 0.314 e. The molecule has 0 saturated heterocycles. The van der Waals surface area contributed by atoms with E-state index in [-0.39, 0.29) is 0 Å². The number of hydrogen-bond acceptors (Lipinski definition) is 2. The molecule has 0 bridgehead atoms. The van der Waals surface area contributed by atoms with Gasteiger partial charge in [-0.1, -0.05) is 39.0 Å². The Morgan fingerprint density at radius 3 is 2.53 bits per heavy atom. The maximum atomic E-state index is 3.32. The molecule has 1 aromatic carbocycles. The highest BCUT2D eigenvalue weighted by atomic mass is 32.2. The first-order valence-corrected chi connectivity index (χ1v) is 8.22. The Morgan fingerprint density at radius 1 is 1.26 bits per heavy atom. The van der Waals surface area contributed by atoms with Crippen molar-refractivity contribution in [3.63, 3.8) is 0 Å². The molecule has 0 aliphatic rings. The van der Waals surface area contributed by atoms with E-state index in [1.165, 1.54) is 28.2 Å². The zero-order valence-electron chi connectivity index (χ0n) is 12.7. The van der Waals surface area contributed by atoms with Gasteiger partial charge in [-0.25, -0.2) is 0 Å². The quantitative estimate of drug-likeness (QED) is 0.539. The van der Waals surface area contributed by atoms with Crippen LogP contribution < -0.4 is 5.32 Å². The Morgan fingerprint density at radius 2 is 1.95 bits per heavy atom. The first kappa shape index (κ1) is 16.3. The van der Waals surface area contributed by atoms with Crippen LogP contribution in [0, 0.1) is 5.92 Å². The van der Waals surface area contributed by atoms with Gasteiger partial charge in [-0.15, -0.1) is 11.8 Å². The van der Waals surface area contributed by atoms with Crippen LogP contribution in [0.3, 0.4) is 0 Å². The summed E-state index contributed by atoms with van der Waals surface area (Å²) in [5.74, 6) is 2.01. The zero-order chi connectivity index (χ0) is 14.1. The van der Waals surface area contributed by atoms with Crippen molar-refractivity contribution in [3.8, 4) is 0 Å². The smallest absolute Gasteiger partial charge is 0.0140 e. The van der Waals surface area contributed by atoms with Crippen molar-refractivity contribution in [1.29, 1.82) is 0 Å². The van der Waals surface area contributed by atoms with Crippen LogP contribution in [0.15, 0.2) is 35.2 Å². The van der Waals surface area contributed by atoms with E-state index in [0.29, 0.717) is 0 Å². The van der Waals surface area contributed by atoms with Crippen LogP contribution in [0.5, 0.6) is 0 Å². The topological polar surface area (TPSA) is 12.0 Å². The fourth-order valence-electron chi connectivity index (χ4n) is 1.71. The Kier molecular flexibility index (Phi) is 7.92. The van der Waals surface area contributed by atoms with Gasteiger partial charge in [-0.3, -0.25) is 0 Å². The molecule has 0 atom stereocenters. The Hall–Kier alpha value is -0.730. The molecule has 19 heavy (non-hydrogen) atoms. The first-order valence-electron chi connectivity index (χ1n) is 7.24. The predicted octanol–water partition coefficient (Wildman–Crippen LogP) is 4.84. The minimum absolute atomic E-state index is 0.794. The second kappa shape index (κ2) is 9.22. The summed E-state index contributed by atoms with van der Waals surface area (Å²) in [5, 5.41) is 3.32.